The number of methoxy groups -OCH3 is 2. The zero-order chi connectivity index (χ0) is 44.0. The summed E-state index contributed by atoms with van der Waals surface area (Å²) in [6.07, 6.45) is 2.03. The molecule has 1 aromatic heterocycles. The molecular weight excluding hydrogens is 787 g/mol. The minimum atomic E-state index is -0.595. The molecule has 0 unspecified atom stereocenters. The van der Waals surface area contributed by atoms with Gasteiger partial charge in [-0.05, 0) is 42.6 Å². The van der Waals surface area contributed by atoms with Gasteiger partial charge in [-0.15, -0.1) is 11.3 Å². The second kappa shape index (κ2) is 24.3. The van der Waals surface area contributed by atoms with E-state index in [0.717, 1.165) is 18.4 Å². The van der Waals surface area contributed by atoms with Gasteiger partial charge in [-0.1, -0.05) is 92.1 Å². The Morgan fingerprint density at radius 3 is 2.15 bits per heavy atom. The number of benzene rings is 1. The third-order valence-corrected chi connectivity index (χ3v) is 13.8. The molecule has 3 rings (SSSR count). The summed E-state index contributed by atoms with van der Waals surface area (Å²) in [6.45, 7) is 16.6. The molecule has 59 heavy (non-hydrogen) atoms. The average molecular weight is 858 g/mol. The number of carbonyl (C=O) groups is 5. The minimum Gasteiger partial charge on any atom is -0.460 e. The third kappa shape index (κ3) is 13.7. The van der Waals surface area contributed by atoms with E-state index in [2.05, 4.69) is 31.5 Å². The standard InChI is InChI=1S/C46H71N3O8S2/c1-12-30(6)42(48(9)45(53)35(29(4)5)25-39(51)31(7)28(2)3)40(55-10)26-41(52)49-20-16-19-37(49)43(56-11)32(8)38(50)24-34(23-33-17-14-13-15-18-33)44-47-36(27-59-44)46(54)57-21-22-58/h13-15,17-18,27-32,34-35,37,40,42-43,58H,12,16,19-26H2,1-11H3/t30-,31-,32-,34+,35-,37-,40+,42-,43+/m0/s1. The van der Waals surface area contributed by atoms with Gasteiger partial charge in [-0.2, -0.15) is 12.6 Å². The summed E-state index contributed by atoms with van der Waals surface area (Å²) in [5.74, 6) is -1.57. The molecule has 0 saturated carbocycles. The summed E-state index contributed by atoms with van der Waals surface area (Å²) < 4.78 is 17.4. The number of likely N-dealkylation sites (N-methyl/N-ethyl adjacent to an activating group) is 1. The van der Waals surface area contributed by atoms with Crippen LogP contribution in [0, 0.1) is 35.5 Å². The van der Waals surface area contributed by atoms with Crippen molar-refractivity contribution in [3.05, 3.63) is 52.0 Å². The molecule has 1 aromatic carbocycles. The second-order valence-electron chi connectivity index (χ2n) is 17.1. The summed E-state index contributed by atoms with van der Waals surface area (Å²) in [6, 6.07) is 9.16. The van der Waals surface area contributed by atoms with Gasteiger partial charge in [0, 0.05) is 75.5 Å². The number of Topliss-reactive ketones (excluding diaryl/α,β-unsaturated/α-hetero) is 2. The van der Waals surface area contributed by atoms with Crippen molar-refractivity contribution in [2.24, 2.45) is 35.5 Å². The third-order valence-electron chi connectivity index (χ3n) is 12.6. The topological polar surface area (TPSA) is 132 Å². The highest BCUT2D eigenvalue weighted by atomic mass is 32.1. The van der Waals surface area contributed by atoms with Crippen molar-refractivity contribution < 1.29 is 38.2 Å². The Morgan fingerprint density at radius 2 is 1.58 bits per heavy atom. The predicted molar refractivity (Wildman–Crippen MR) is 237 cm³/mol. The molecule has 0 bridgehead atoms. The van der Waals surface area contributed by atoms with Crippen LogP contribution in [0.1, 0.15) is 121 Å². The number of thiazole rings is 1. The van der Waals surface area contributed by atoms with Gasteiger partial charge in [-0.3, -0.25) is 19.2 Å². The van der Waals surface area contributed by atoms with Crippen molar-refractivity contribution in [3.63, 3.8) is 0 Å². The van der Waals surface area contributed by atoms with Gasteiger partial charge in [0.2, 0.25) is 11.8 Å². The minimum absolute atomic E-state index is 0.00924. The van der Waals surface area contributed by atoms with Crippen LogP contribution in [0.5, 0.6) is 0 Å². The Kier molecular flexibility index (Phi) is 20.7. The van der Waals surface area contributed by atoms with Gasteiger partial charge in [0.15, 0.2) is 5.69 Å². The van der Waals surface area contributed by atoms with Crippen molar-refractivity contribution in [3.8, 4) is 0 Å². The summed E-state index contributed by atoms with van der Waals surface area (Å²) in [5, 5.41) is 2.35. The number of likely N-dealkylation sites (tertiary alicyclic amines) is 1. The fourth-order valence-corrected chi connectivity index (χ4v) is 9.32. The normalized spacial score (nSPS) is 18.5. The molecule has 2 aromatic rings. The van der Waals surface area contributed by atoms with E-state index in [0.29, 0.717) is 30.1 Å². The number of esters is 1. The summed E-state index contributed by atoms with van der Waals surface area (Å²) in [7, 11) is 4.96. The van der Waals surface area contributed by atoms with Crippen LogP contribution in [0.15, 0.2) is 35.7 Å². The van der Waals surface area contributed by atoms with Crippen LogP contribution in [0.3, 0.4) is 0 Å². The number of carbonyl (C=O) groups excluding carboxylic acids is 5. The van der Waals surface area contributed by atoms with Gasteiger partial charge in [0.05, 0.1) is 35.7 Å². The van der Waals surface area contributed by atoms with Crippen molar-refractivity contribution in [1.29, 1.82) is 0 Å². The van der Waals surface area contributed by atoms with E-state index in [-0.39, 0.29) is 90.6 Å². The molecule has 9 atom stereocenters. The maximum atomic E-state index is 14.4. The summed E-state index contributed by atoms with van der Waals surface area (Å²) >= 11 is 5.46. The highest BCUT2D eigenvalue weighted by molar-refractivity contribution is 7.80. The lowest BCUT2D eigenvalue weighted by Crippen LogP contribution is -2.54. The fourth-order valence-electron chi connectivity index (χ4n) is 8.34. The van der Waals surface area contributed by atoms with Crippen LogP contribution in [-0.4, -0.2) is 109 Å². The zero-order valence-corrected chi connectivity index (χ0v) is 39.1. The van der Waals surface area contributed by atoms with Crippen molar-refractivity contribution in [2.45, 2.75) is 131 Å². The molecule has 330 valence electrons. The zero-order valence-electron chi connectivity index (χ0n) is 37.3. The molecule has 1 aliphatic heterocycles. The van der Waals surface area contributed by atoms with E-state index >= 15 is 0 Å². The largest absolute Gasteiger partial charge is 0.460 e. The second-order valence-corrected chi connectivity index (χ2v) is 18.5. The molecule has 1 saturated heterocycles. The lowest BCUT2D eigenvalue weighted by molar-refractivity contribution is -0.149. The molecule has 1 aliphatic rings. The van der Waals surface area contributed by atoms with Crippen LogP contribution in [-0.2, 0) is 39.8 Å². The van der Waals surface area contributed by atoms with E-state index in [9.17, 15) is 24.0 Å². The number of nitrogens with zero attached hydrogens (tertiary/aromatic N) is 3. The first-order valence-electron chi connectivity index (χ1n) is 21.4. The highest BCUT2D eigenvalue weighted by Crippen LogP contribution is 2.34. The fraction of sp³-hybridized carbons (Fsp3) is 0.696. The Bertz CT molecular complexity index is 1650. The molecule has 13 heteroatoms. The van der Waals surface area contributed by atoms with Crippen molar-refractivity contribution >= 4 is 53.3 Å². The number of rotatable bonds is 25. The maximum Gasteiger partial charge on any atom is 0.357 e. The lowest BCUT2D eigenvalue weighted by Gasteiger charge is -2.41. The number of ether oxygens (including phenoxy) is 3. The number of thiol groups is 1. The smallest absolute Gasteiger partial charge is 0.357 e. The highest BCUT2D eigenvalue weighted by Gasteiger charge is 2.43. The van der Waals surface area contributed by atoms with E-state index < -0.39 is 36.1 Å². The van der Waals surface area contributed by atoms with E-state index in [1.807, 2.05) is 76.8 Å². The molecule has 0 spiro atoms. The van der Waals surface area contributed by atoms with E-state index in [4.69, 9.17) is 14.2 Å². The van der Waals surface area contributed by atoms with Crippen molar-refractivity contribution in [1.82, 2.24) is 14.8 Å². The first-order chi connectivity index (χ1) is 28.0. The van der Waals surface area contributed by atoms with Gasteiger partial charge in [0.25, 0.3) is 0 Å². The first-order valence-corrected chi connectivity index (χ1v) is 23.0. The monoisotopic (exact) mass is 857 g/mol. The molecule has 11 nitrogen and oxygen atoms in total. The number of hydrogen-bond donors (Lipinski definition) is 1. The Labute approximate surface area is 363 Å². The number of ketones is 2. The molecule has 0 N–H and O–H groups in total. The molecule has 1 fully saturated rings. The SMILES string of the molecule is CC[C@H](C)[C@@H]([C@@H](CC(=O)N1CCC[C@H]1[C@H](OC)[C@@H](C)C(=O)C[C@@H](Cc1ccccc1)c1nc(C(=O)OCCS)cs1)OC)N(C)C(=O)[C@@H](CC(=O)[C@@H](C)C(C)C)C(C)C. The Hall–Kier alpha value is -3.13. The summed E-state index contributed by atoms with van der Waals surface area (Å²) in [4.78, 5) is 76.8. The molecule has 0 radical (unpaired) electrons. The van der Waals surface area contributed by atoms with Gasteiger partial charge >= 0.3 is 5.97 Å². The van der Waals surface area contributed by atoms with Gasteiger partial charge in [-0.25, -0.2) is 9.78 Å². The lowest BCUT2D eigenvalue weighted by atomic mass is 9.82. The quantitative estimate of drug-likeness (QED) is 0.0781. The van der Waals surface area contributed by atoms with Gasteiger partial charge < -0.3 is 24.0 Å². The molecule has 2 amide bonds. The maximum absolute atomic E-state index is 14.4. The Morgan fingerprint density at radius 1 is 0.915 bits per heavy atom. The predicted octanol–water partition coefficient (Wildman–Crippen LogP) is 7.96. The molecular formula is C46H71N3O8S2. The number of hydrogen-bond acceptors (Lipinski definition) is 11. The first kappa shape index (κ1) is 50.2. The van der Waals surface area contributed by atoms with Gasteiger partial charge in [0.1, 0.15) is 18.2 Å². The molecule has 2 heterocycles. The van der Waals surface area contributed by atoms with E-state index in [1.54, 1.807) is 31.5 Å². The van der Waals surface area contributed by atoms with Crippen LogP contribution < -0.4 is 0 Å². The van der Waals surface area contributed by atoms with Crippen molar-refractivity contribution in [2.75, 3.05) is 40.2 Å². The van der Waals surface area contributed by atoms with Crippen LogP contribution in [0.25, 0.3) is 0 Å². The molecule has 0 aliphatic carbocycles. The van der Waals surface area contributed by atoms with Crippen LogP contribution in [0.2, 0.25) is 0 Å². The average Bonchev–Trinajstić information content (AvgIpc) is 3.92. The number of aromatic nitrogens is 1. The Balaban J connectivity index is 1.82. The van der Waals surface area contributed by atoms with Crippen LogP contribution >= 0.6 is 24.0 Å². The summed E-state index contributed by atoms with van der Waals surface area (Å²) in [5.41, 5.74) is 1.26. The van der Waals surface area contributed by atoms with E-state index in [1.165, 1.54) is 11.3 Å². The number of amides is 2. The van der Waals surface area contributed by atoms with Crippen LogP contribution in [0.4, 0.5) is 0 Å².